The maximum atomic E-state index is 13.8. The van der Waals surface area contributed by atoms with Crippen LogP contribution in [-0.2, 0) is 6.54 Å². The molecule has 8 heteroatoms. The van der Waals surface area contributed by atoms with Crippen LogP contribution in [0.4, 0.5) is 11.4 Å². The second kappa shape index (κ2) is 17.1. The predicted octanol–water partition coefficient (Wildman–Crippen LogP) is 9.01. The van der Waals surface area contributed by atoms with Crippen LogP contribution >= 0.6 is 0 Å². The molecule has 0 fully saturated rings. The minimum atomic E-state index is -0.542. The largest absolute Gasteiger partial charge is 0.493 e. The number of benzene rings is 2. The van der Waals surface area contributed by atoms with Gasteiger partial charge in [-0.25, -0.2) is 0 Å². The lowest BCUT2D eigenvalue weighted by molar-refractivity contribution is 0.0692. The van der Waals surface area contributed by atoms with Gasteiger partial charge in [-0.3, -0.25) is 14.2 Å². The Kier molecular flexibility index (Phi) is 13.3. The zero-order valence-corrected chi connectivity index (χ0v) is 26.9. The second-order valence-corrected chi connectivity index (χ2v) is 11.6. The minimum absolute atomic E-state index is 0.0150. The van der Waals surface area contributed by atoms with Gasteiger partial charge in [0.2, 0.25) is 5.88 Å². The van der Waals surface area contributed by atoms with Gasteiger partial charge in [-0.2, -0.15) is 10.4 Å². The molecule has 0 aliphatic heterocycles. The van der Waals surface area contributed by atoms with Crippen LogP contribution < -0.4 is 5.56 Å². The van der Waals surface area contributed by atoms with Gasteiger partial charge in [-0.05, 0) is 61.4 Å². The number of pyridine rings is 1. The Labute approximate surface area is 262 Å². The van der Waals surface area contributed by atoms with Crippen LogP contribution in [0.1, 0.15) is 95.5 Å². The van der Waals surface area contributed by atoms with Crippen LogP contribution in [0, 0.1) is 23.2 Å². The number of hydrogen-bond acceptors (Lipinski definition) is 6. The van der Waals surface area contributed by atoms with Gasteiger partial charge in [0, 0.05) is 30.8 Å². The van der Waals surface area contributed by atoms with Crippen molar-refractivity contribution in [2.45, 2.75) is 86.1 Å². The topological polar surface area (TPSA) is 111 Å². The second-order valence-electron chi connectivity index (χ2n) is 11.6. The number of carbonyl (C=O) groups is 1. The maximum absolute atomic E-state index is 13.8. The van der Waals surface area contributed by atoms with Crippen molar-refractivity contribution >= 4 is 17.3 Å². The molecule has 0 saturated heterocycles. The molecule has 3 rings (SSSR count). The first kappa shape index (κ1) is 34.2. The zero-order chi connectivity index (χ0) is 32.1. The zero-order valence-electron chi connectivity index (χ0n) is 26.9. The van der Waals surface area contributed by atoms with Gasteiger partial charge in [0.05, 0.1) is 5.69 Å². The summed E-state index contributed by atoms with van der Waals surface area (Å²) in [5, 5.41) is 29.2. The fourth-order valence-corrected chi connectivity index (χ4v) is 5.52. The SMILES string of the molecule is CCCCC(C)CN(CC(CC)CCCC)C(=O)c1ccc(N=Nc2c(-c3ccccc3)c(C#N)c(O)n(CC)c2=O)cc1. The van der Waals surface area contributed by atoms with E-state index in [0.29, 0.717) is 28.7 Å². The van der Waals surface area contributed by atoms with Crippen molar-refractivity contribution in [3.63, 3.8) is 0 Å². The molecule has 1 heterocycles. The number of rotatable bonds is 16. The molecule has 0 aliphatic carbocycles. The average Bonchev–Trinajstić information content (AvgIpc) is 3.05. The number of nitriles is 1. The highest BCUT2D eigenvalue weighted by atomic mass is 16.3. The summed E-state index contributed by atoms with van der Waals surface area (Å²) in [6.07, 6.45) is 7.87. The van der Waals surface area contributed by atoms with Gasteiger partial charge in [0.15, 0.2) is 5.69 Å². The van der Waals surface area contributed by atoms with E-state index in [9.17, 15) is 20.0 Å². The lowest BCUT2D eigenvalue weighted by Crippen LogP contribution is -2.38. The Bertz CT molecular complexity index is 1490. The average molecular weight is 598 g/mol. The van der Waals surface area contributed by atoms with Gasteiger partial charge in [0.1, 0.15) is 11.6 Å². The van der Waals surface area contributed by atoms with Crippen LogP contribution in [-0.4, -0.2) is 33.6 Å². The standard InChI is InChI=1S/C36H47N5O3/c1-6-10-15-26(5)24-40(25-27(8-3)16-11-7-2)34(42)29-19-21-30(22-20-29)38-39-33-32(28-17-13-12-14-18-28)31(23-37)35(43)41(9-4)36(33)44/h12-14,17-22,26-27,43H,6-11,15-16,24-25H2,1-5H3. The monoisotopic (exact) mass is 597 g/mol. The van der Waals surface area contributed by atoms with Crippen molar-refractivity contribution < 1.29 is 9.90 Å². The molecule has 1 N–H and O–H groups in total. The molecule has 2 aromatic carbocycles. The van der Waals surface area contributed by atoms with Crippen LogP contribution in [0.15, 0.2) is 69.6 Å². The Morgan fingerprint density at radius 1 is 0.955 bits per heavy atom. The Morgan fingerprint density at radius 3 is 2.20 bits per heavy atom. The maximum Gasteiger partial charge on any atom is 0.281 e. The minimum Gasteiger partial charge on any atom is -0.493 e. The normalized spacial score (nSPS) is 12.6. The van der Waals surface area contributed by atoms with Crippen molar-refractivity contribution in [3.05, 3.63) is 76.1 Å². The van der Waals surface area contributed by atoms with Crippen molar-refractivity contribution in [1.82, 2.24) is 9.47 Å². The van der Waals surface area contributed by atoms with E-state index in [4.69, 9.17) is 0 Å². The van der Waals surface area contributed by atoms with Gasteiger partial charge in [0.25, 0.3) is 11.5 Å². The van der Waals surface area contributed by atoms with Crippen LogP contribution in [0.2, 0.25) is 0 Å². The summed E-state index contributed by atoms with van der Waals surface area (Å²) in [5.74, 6) is 0.514. The van der Waals surface area contributed by atoms with Gasteiger partial charge in [-0.1, -0.05) is 90.1 Å². The molecule has 8 nitrogen and oxygen atoms in total. The highest BCUT2D eigenvalue weighted by molar-refractivity contribution is 5.94. The Hall–Kier alpha value is -4.25. The van der Waals surface area contributed by atoms with E-state index in [1.54, 1.807) is 55.5 Å². The number of carbonyl (C=O) groups excluding carboxylic acids is 1. The number of unbranched alkanes of at least 4 members (excludes halogenated alkanes) is 2. The third-order valence-corrected chi connectivity index (χ3v) is 8.18. The summed E-state index contributed by atoms with van der Waals surface area (Å²) in [7, 11) is 0. The highest BCUT2D eigenvalue weighted by Crippen LogP contribution is 2.36. The number of aromatic nitrogens is 1. The van der Waals surface area contributed by atoms with E-state index >= 15 is 0 Å². The van der Waals surface area contributed by atoms with E-state index in [2.05, 4.69) is 37.9 Å². The molecule has 1 amide bonds. The summed E-state index contributed by atoms with van der Waals surface area (Å²) in [6.45, 7) is 12.2. The molecule has 2 unspecified atom stereocenters. The van der Waals surface area contributed by atoms with E-state index in [1.165, 1.54) is 0 Å². The first-order valence-electron chi connectivity index (χ1n) is 16.1. The van der Waals surface area contributed by atoms with E-state index in [1.807, 2.05) is 17.0 Å². The van der Waals surface area contributed by atoms with Crippen LogP contribution in [0.3, 0.4) is 0 Å². The number of hydrogen-bond donors (Lipinski definition) is 1. The summed E-state index contributed by atoms with van der Waals surface area (Å²) in [6, 6.07) is 17.9. The van der Waals surface area contributed by atoms with E-state index < -0.39 is 11.4 Å². The lowest BCUT2D eigenvalue weighted by atomic mass is 9.97. The fraction of sp³-hybridized carbons (Fsp3) is 0.472. The van der Waals surface area contributed by atoms with Crippen LogP contribution in [0.5, 0.6) is 5.88 Å². The lowest BCUT2D eigenvalue weighted by Gasteiger charge is -2.30. The molecular formula is C36H47N5O3. The smallest absolute Gasteiger partial charge is 0.281 e. The fourth-order valence-electron chi connectivity index (χ4n) is 5.52. The Morgan fingerprint density at radius 2 is 1.61 bits per heavy atom. The van der Waals surface area contributed by atoms with E-state index in [0.717, 1.165) is 62.6 Å². The third kappa shape index (κ3) is 8.66. The van der Waals surface area contributed by atoms with Crippen molar-refractivity contribution in [2.24, 2.45) is 22.1 Å². The number of amides is 1. The molecule has 0 bridgehead atoms. The van der Waals surface area contributed by atoms with Crippen LogP contribution in [0.25, 0.3) is 11.1 Å². The van der Waals surface area contributed by atoms with Crippen molar-refractivity contribution in [2.75, 3.05) is 13.1 Å². The van der Waals surface area contributed by atoms with Crippen molar-refractivity contribution in [3.8, 4) is 23.1 Å². The molecule has 0 radical (unpaired) electrons. The molecule has 2 atom stereocenters. The third-order valence-electron chi connectivity index (χ3n) is 8.18. The summed E-state index contributed by atoms with van der Waals surface area (Å²) < 4.78 is 1.11. The summed E-state index contributed by atoms with van der Waals surface area (Å²) in [5.41, 5.74) is 1.25. The summed E-state index contributed by atoms with van der Waals surface area (Å²) in [4.78, 5) is 29.1. The molecule has 0 aliphatic rings. The van der Waals surface area contributed by atoms with Gasteiger partial charge >= 0.3 is 0 Å². The highest BCUT2D eigenvalue weighted by Gasteiger charge is 2.24. The first-order valence-corrected chi connectivity index (χ1v) is 16.1. The quantitative estimate of drug-likeness (QED) is 0.166. The molecular weight excluding hydrogens is 550 g/mol. The number of azo groups is 1. The van der Waals surface area contributed by atoms with Gasteiger partial charge in [-0.15, -0.1) is 5.11 Å². The number of nitrogens with zero attached hydrogens (tertiary/aromatic N) is 5. The number of aromatic hydroxyl groups is 1. The first-order chi connectivity index (χ1) is 21.3. The molecule has 0 saturated carbocycles. The summed E-state index contributed by atoms with van der Waals surface area (Å²) >= 11 is 0. The predicted molar refractivity (Wildman–Crippen MR) is 177 cm³/mol. The van der Waals surface area contributed by atoms with Crippen molar-refractivity contribution in [1.29, 1.82) is 5.26 Å². The Balaban J connectivity index is 1.94. The van der Waals surface area contributed by atoms with E-state index in [-0.39, 0.29) is 29.3 Å². The molecule has 3 aromatic rings. The molecule has 1 aromatic heterocycles. The molecule has 0 spiro atoms. The van der Waals surface area contributed by atoms with Gasteiger partial charge < -0.3 is 10.0 Å². The molecule has 234 valence electrons. The molecule has 44 heavy (non-hydrogen) atoms.